The van der Waals surface area contributed by atoms with Gasteiger partial charge in [0, 0.05) is 20.0 Å². The van der Waals surface area contributed by atoms with Crippen LogP contribution in [-0.4, -0.2) is 19.0 Å². The third-order valence-corrected chi connectivity index (χ3v) is 2.21. The van der Waals surface area contributed by atoms with Crippen molar-refractivity contribution in [2.45, 2.75) is 25.9 Å². The van der Waals surface area contributed by atoms with Crippen molar-refractivity contribution in [3.63, 3.8) is 0 Å². The van der Waals surface area contributed by atoms with Crippen molar-refractivity contribution in [3.8, 4) is 0 Å². The summed E-state index contributed by atoms with van der Waals surface area (Å²) in [6.07, 6.45) is 0.560. The zero-order valence-corrected chi connectivity index (χ0v) is 9.00. The lowest BCUT2D eigenvalue weighted by molar-refractivity contribution is -0.120. The monoisotopic (exact) mass is 210 g/mol. The van der Waals surface area contributed by atoms with Crippen LogP contribution >= 0.6 is 0 Å². The third kappa shape index (κ3) is 4.21. The van der Waals surface area contributed by atoms with Gasteiger partial charge in [-0.2, -0.15) is 0 Å². The molecule has 0 aromatic heterocycles. The lowest BCUT2D eigenvalue weighted by atomic mass is 10.1. The number of carbonyl (C=O) groups is 1. The number of hydrogen-bond donors (Lipinski definition) is 0. The molecule has 0 N–H and O–H groups in total. The average molecular weight is 210 g/mol. The van der Waals surface area contributed by atoms with Crippen LogP contribution in [0.15, 0.2) is 24.3 Å². The first-order valence-corrected chi connectivity index (χ1v) is 4.90. The predicted octanol–water partition coefficient (Wildman–Crippen LogP) is 2.36. The lowest BCUT2D eigenvalue weighted by Gasteiger charge is -2.07. The highest BCUT2D eigenvalue weighted by molar-refractivity contribution is 5.81. The second-order valence-corrected chi connectivity index (χ2v) is 3.60. The fraction of sp³-hybridized carbons (Fsp3) is 0.417. The molecule has 0 aliphatic rings. The van der Waals surface area contributed by atoms with Gasteiger partial charge < -0.3 is 4.74 Å². The Morgan fingerprint density at radius 1 is 1.53 bits per heavy atom. The second kappa shape index (κ2) is 5.61. The van der Waals surface area contributed by atoms with Crippen LogP contribution in [0.3, 0.4) is 0 Å². The Bertz CT molecular complexity index is 336. The first kappa shape index (κ1) is 11.9. The minimum atomic E-state index is -0.305. The van der Waals surface area contributed by atoms with Crippen LogP contribution in [0.1, 0.15) is 18.9 Å². The Kier molecular flexibility index (Phi) is 4.43. The van der Waals surface area contributed by atoms with Gasteiger partial charge in [0.05, 0.1) is 6.10 Å². The molecule has 3 heteroatoms. The summed E-state index contributed by atoms with van der Waals surface area (Å²) in [5, 5.41) is 0. The van der Waals surface area contributed by atoms with Crippen molar-refractivity contribution >= 4 is 5.78 Å². The number of methoxy groups -OCH3 is 1. The zero-order chi connectivity index (χ0) is 11.3. The standard InChI is InChI=1S/C12H15FO2/c1-9(15-2)6-12(14)8-10-4-3-5-11(13)7-10/h3-5,7,9H,6,8H2,1-2H3. The SMILES string of the molecule is COC(C)CC(=O)Cc1cccc(F)c1. The van der Waals surface area contributed by atoms with E-state index in [-0.39, 0.29) is 24.1 Å². The van der Waals surface area contributed by atoms with E-state index in [4.69, 9.17) is 4.74 Å². The number of halogens is 1. The number of ether oxygens (including phenoxy) is 1. The van der Waals surface area contributed by atoms with Gasteiger partial charge in [-0.3, -0.25) is 4.79 Å². The summed E-state index contributed by atoms with van der Waals surface area (Å²) >= 11 is 0. The number of rotatable bonds is 5. The van der Waals surface area contributed by atoms with Crippen LogP contribution in [0.4, 0.5) is 4.39 Å². The minimum Gasteiger partial charge on any atom is -0.381 e. The van der Waals surface area contributed by atoms with Crippen molar-refractivity contribution in [2.24, 2.45) is 0 Å². The Balaban J connectivity index is 2.51. The molecule has 1 aromatic rings. The molecule has 1 aromatic carbocycles. The molecule has 1 atom stereocenters. The largest absolute Gasteiger partial charge is 0.381 e. The van der Waals surface area contributed by atoms with E-state index >= 15 is 0 Å². The van der Waals surface area contributed by atoms with Crippen molar-refractivity contribution in [2.75, 3.05) is 7.11 Å². The zero-order valence-electron chi connectivity index (χ0n) is 9.00. The van der Waals surface area contributed by atoms with E-state index in [1.165, 1.54) is 12.1 Å². The minimum absolute atomic E-state index is 0.0648. The van der Waals surface area contributed by atoms with Crippen LogP contribution in [0.25, 0.3) is 0 Å². The highest BCUT2D eigenvalue weighted by atomic mass is 19.1. The maximum Gasteiger partial charge on any atom is 0.139 e. The van der Waals surface area contributed by atoms with Gasteiger partial charge in [0.1, 0.15) is 11.6 Å². The van der Waals surface area contributed by atoms with Crippen molar-refractivity contribution in [1.29, 1.82) is 0 Å². The average Bonchev–Trinajstić information content (AvgIpc) is 2.17. The molecule has 0 saturated carbocycles. The van der Waals surface area contributed by atoms with Gasteiger partial charge in [0.25, 0.3) is 0 Å². The summed E-state index contributed by atoms with van der Waals surface area (Å²) < 4.78 is 17.8. The van der Waals surface area contributed by atoms with E-state index < -0.39 is 0 Å². The van der Waals surface area contributed by atoms with Crippen LogP contribution in [0.2, 0.25) is 0 Å². The summed E-state index contributed by atoms with van der Waals surface area (Å²) in [4.78, 5) is 11.5. The Hall–Kier alpha value is -1.22. The molecule has 15 heavy (non-hydrogen) atoms. The van der Waals surface area contributed by atoms with E-state index in [1.807, 2.05) is 6.92 Å². The molecule has 1 rings (SSSR count). The molecular weight excluding hydrogens is 195 g/mol. The molecule has 0 amide bonds. The van der Waals surface area contributed by atoms with Gasteiger partial charge in [0.2, 0.25) is 0 Å². The van der Waals surface area contributed by atoms with Gasteiger partial charge in [-0.15, -0.1) is 0 Å². The van der Waals surface area contributed by atoms with E-state index in [1.54, 1.807) is 19.2 Å². The smallest absolute Gasteiger partial charge is 0.139 e. The molecule has 0 aliphatic heterocycles. The Labute approximate surface area is 89.1 Å². The van der Waals surface area contributed by atoms with Crippen molar-refractivity contribution in [3.05, 3.63) is 35.6 Å². The third-order valence-electron chi connectivity index (χ3n) is 2.21. The molecule has 0 saturated heterocycles. The predicted molar refractivity (Wildman–Crippen MR) is 56.2 cm³/mol. The van der Waals surface area contributed by atoms with E-state index in [0.717, 1.165) is 0 Å². The fourth-order valence-electron chi connectivity index (χ4n) is 1.35. The van der Waals surface area contributed by atoms with Gasteiger partial charge in [-0.25, -0.2) is 4.39 Å². The van der Waals surface area contributed by atoms with Crippen molar-refractivity contribution in [1.82, 2.24) is 0 Å². The number of benzene rings is 1. The molecule has 0 heterocycles. The normalized spacial score (nSPS) is 12.5. The second-order valence-electron chi connectivity index (χ2n) is 3.60. The maximum atomic E-state index is 12.8. The summed E-state index contributed by atoms with van der Waals surface area (Å²) in [6.45, 7) is 1.84. The molecular formula is C12H15FO2. The Morgan fingerprint density at radius 3 is 2.87 bits per heavy atom. The molecule has 1 unspecified atom stereocenters. The fourth-order valence-corrected chi connectivity index (χ4v) is 1.35. The van der Waals surface area contributed by atoms with Crippen LogP contribution in [-0.2, 0) is 16.0 Å². The highest BCUT2D eigenvalue weighted by Crippen LogP contribution is 2.07. The number of Topliss-reactive ketones (excluding diaryl/α,β-unsaturated/α-hetero) is 1. The number of hydrogen-bond acceptors (Lipinski definition) is 2. The number of carbonyl (C=O) groups excluding carboxylic acids is 1. The molecule has 0 aliphatic carbocycles. The molecule has 0 radical (unpaired) electrons. The quantitative estimate of drug-likeness (QED) is 0.745. The summed E-state index contributed by atoms with van der Waals surface area (Å²) in [7, 11) is 1.57. The molecule has 82 valence electrons. The number of ketones is 1. The summed E-state index contributed by atoms with van der Waals surface area (Å²) in [5.74, 6) is -0.241. The van der Waals surface area contributed by atoms with E-state index in [0.29, 0.717) is 12.0 Å². The van der Waals surface area contributed by atoms with Gasteiger partial charge in [-0.05, 0) is 24.6 Å². The Morgan fingerprint density at radius 2 is 2.27 bits per heavy atom. The van der Waals surface area contributed by atoms with Gasteiger partial charge >= 0.3 is 0 Å². The molecule has 0 bridgehead atoms. The lowest BCUT2D eigenvalue weighted by Crippen LogP contribution is -2.14. The first-order chi connectivity index (χ1) is 7.11. The molecule has 2 nitrogen and oxygen atoms in total. The molecule has 0 spiro atoms. The maximum absolute atomic E-state index is 12.8. The molecule has 0 fully saturated rings. The van der Waals surface area contributed by atoms with E-state index in [9.17, 15) is 9.18 Å². The van der Waals surface area contributed by atoms with Crippen LogP contribution in [0, 0.1) is 5.82 Å². The highest BCUT2D eigenvalue weighted by Gasteiger charge is 2.09. The van der Waals surface area contributed by atoms with Crippen molar-refractivity contribution < 1.29 is 13.9 Å². The first-order valence-electron chi connectivity index (χ1n) is 4.90. The van der Waals surface area contributed by atoms with Gasteiger partial charge in [0.15, 0.2) is 0 Å². The summed E-state index contributed by atoms with van der Waals surface area (Å²) in [5.41, 5.74) is 0.711. The van der Waals surface area contributed by atoms with E-state index in [2.05, 4.69) is 0 Å². The summed E-state index contributed by atoms with van der Waals surface area (Å²) in [6, 6.07) is 6.11. The van der Waals surface area contributed by atoms with Crippen LogP contribution < -0.4 is 0 Å². The topological polar surface area (TPSA) is 26.3 Å². The van der Waals surface area contributed by atoms with Gasteiger partial charge in [-0.1, -0.05) is 12.1 Å². The van der Waals surface area contributed by atoms with Crippen LogP contribution in [0.5, 0.6) is 0 Å².